The lowest BCUT2D eigenvalue weighted by molar-refractivity contribution is 0.150. The summed E-state index contributed by atoms with van der Waals surface area (Å²) in [5, 5.41) is 10.5. The minimum absolute atomic E-state index is 0.541. The predicted molar refractivity (Wildman–Crippen MR) is 67.2 cm³/mol. The molecule has 0 atom stereocenters. The summed E-state index contributed by atoms with van der Waals surface area (Å²) in [6.45, 7) is 1.97. The number of rotatable bonds is 4. The molecule has 0 unspecified atom stereocenters. The van der Waals surface area contributed by atoms with Gasteiger partial charge in [0.05, 0.1) is 24.8 Å². The van der Waals surface area contributed by atoms with Gasteiger partial charge in [-0.2, -0.15) is 0 Å². The van der Waals surface area contributed by atoms with E-state index in [1.54, 1.807) is 14.2 Å². The second-order valence-electron chi connectivity index (χ2n) is 4.62. The van der Waals surface area contributed by atoms with Crippen molar-refractivity contribution in [2.75, 3.05) is 14.2 Å². The van der Waals surface area contributed by atoms with Gasteiger partial charge in [0.25, 0.3) is 0 Å². The predicted octanol–water partition coefficient (Wildman–Crippen LogP) is 2.73. The van der Waals surface area contributed by atoms with Crippen LogP contribution in [0, 0.1) is 6.92 Å². The Morgan fingerprint density at radius 2 is 2.00 bits per heavy atom. The maximum Gasteiger partial charge on any atom is 0.179 e. The first-order valence-electron chi connectivity index (χ1n) is 5.63. The molecule has 2 rings (SSSR count). The Bertz CT molecular complexity index is 439. The van der Waals surface area contributed by atoms with Crippen molar-refractivity contribution in [3.05, 3.63) is 22.2 Å². The first-order valence-corrected chi connectivity index (χ1v) is 6.01. The van der Waals surface area contributed by atoms with E-state index in [1.807, 2.05) is 13.0 Å². The summed E-state index contributed by atoms with van der Waals surface area (Å²) in [4.78, 5) is 0. The molecular formula is C13H17ClO3. The maximum absolute atomic E-state index is 9.99. The van der Waals surface area contributed by atoms with Crippen LogP contribution in [0.2, 0.25) is 5.02 Å². The lowest BCUT2D eigenvalue weighted by atomic mass is 10.00. The van der Waals surface area contributed by atoms with E-state index in [0.717, 1.165) is 24.0 Å². The van der Waals surface area contributed by atoms with Crippen LogP contribution in [0.3, 0.4) is 0 Å². The third kappa shape index (κ3) is 2.35. The molecule has 1 aliphatic rings. The highest BCUT2D eigenvalue weighted by Crippen LogP contribution is 2.45. The first kappa shape index (κ1) is 12.5. The van der Waals surface area contributed by atoms with E-state index in [0.29, 0.717) is 22.9 Å². The molecule has 0 spiro atoms. The fourth-order valence-electron chi connectivity index (χ4n) is 1.98. The van der Waals surface area contributed by atoms with Gasteiger partial charge in [-0.15, -0.1) is 0 Å². The summed E-state index contributed by atoms with van der Waals surface area (Å²) >= 11 is 6.32. The zero-order valence-electron chi connectivity index (χ0n) is 10.3. The quantitative estimate of drug-likeness (QED) is 0.900. The summed E-state index contributed by atoms with van der Waals surface area (Å²) in [6.07, 6.45) is 2.27. The molecule has 0 bridgehead atoms. The summed E-state index contributed by atoms with van der Waals surface area (Å²) in [5.41, 5.74) is 1.41. The smallest absolute Gasteiger partial charge is 0.179 e. The van der Waals surface area contributed by atoms with Crippen LogP contribution in [-0.2, 0) is 6.42 Å². The zero-order chi connectivity index (χ0) is 12.6. The Hall–Kier alpha value is -0.930. The van der Waals surface area contributed by atoms with Crippen molar-refractivity contribution in [2.24, 2.45) is 0 Å². The highest BCUT2D eigenvalue weighted by atomic mass is 35.5. The minimum atomic E-state index is -0.562. The maximum atomic E-state index is 9.99. The van der Waals surface area contributed by atoms with E-state index >= 15 is 0 Å². The molecule has 0 radical (unpaired) electrons. The zero-order valence-corrected chi connectivity index (χ0v) is 11.1. The highest BCUT2D eigenvalue weighted by Gasteiger charge is 2.41. The summed E-state index contributed by atoms with van der Waals surface area (Å²) < 4.78 is 10.5. The Morgan fingerprint density at radius 1 is 1.35 bits per heavy atom. The molecule has 0 aliphatic heterocycles. The molecule has 1 aromatic carbocycles. The summed E-state index contributed by atoms with van der Waals surface area (Å²) in [5.74, 6) is 1.17. The molecule has 0 aromatic heterocycles. The summed E-state index contributed by atoms with van der Waals surface area (Å²) in [7, 11) is 3.15. The normalized spacial score (nSPS) is 16.8. The largest absolute Gasteiger partial charge is 0.493 e. The van der Waals surface area contributed by atoms with E-state index in [9.17, 15) is 5.11 Å². The SMILES string of the molecule is COc1cc(C)c(CC2(O)CC2)c(Cl)c1OC. The van der Waals surface area contributed by atoms with Crippen LogP contribution in [-0.4, -0.2) is 24.9 Å². The standard InChI is InChI=1S/C13H17ClO3/c1-8-6-10(16-2)12(17-3)11(14)9(8)7-13(15)4-5-13/h6,15H,4-5,7H2,1-3H3. The van der Waals surface area contributed by atoms with E-state index in [1.165, 1.54) is 0 Å². The van der Waals surface area contributed by atoms with Gasteiger partial charge >= 0.3 is 0 Å². The van der Waals surface area contributed by atoms with Gasteiger partial charge in [-0.25, -0.2) is 0 Å². The van der Waals surface area contributed by atoms with E-state index < -0.39 is 5.60 Å². The van der Waals surface area contributed by atoms with Gasteiger partial charge in [-0.05, 0) is 37.0 Å². The molecule has 1 aliphatic carbocycles. The van der Waals surface area contributed by atoms with Crippen LogP contribution in [0.25, 0.3) is 0 Å². The molecule has 0 amide bonds. The minimum Gasteiger partial charge on any atom is -0.493 e. The Kier molecular flexibility index (Phi) is 3.23. The Labute approximate surface area is 106 Å². The highest BCUT2D eigenvalue weighted by molar-refractivity contribution is 6.33. The van der Waals surface area contributed by atoms with Crippen LogP contribution in [0.15, 0.2) is 6.07 Å². The molecule has 0 heterocycles. The van der Waals surface area contributed by atoms with Crippen molar-refractivity contribution in [1.82, 2.24) is 0 Å². The molecule has 1 aromatic rings. The van der Waals surface area contributed by atoms with E-state index in [4.69, 9.17) is 21.1 Å². The van der Waals surface area contributed by atoms with Crippen molar-refractivity contribution in [2.45, 2.75) is 31.8 Å². The molecule has 0 saturated heterocycles. The number of ether oxygens (including phenoxy) is 2. The third-order valence-electron chi connectivity index (χ3n) is 3.27. The fraction of sp³-hybridized carbons (Fsp3) is 0.538. The lowest BCUT2D eigenvalue weighted by Crippen LogP contribution is -2.12. The van der Waals surface area contributed by atoms with Crippen LogP contribution in [0.1, 0.15) is 24.0 Å². The number of aliphatic hydroxyl groups is 1. The molecule has 17 heavy (non-hydrogen) atoms. The Balaban J connectivity index is 2.44. The summed E-state index contributed by atoms with van der Waals surface area (Å²) in [6, 6.07) is 1.89. The van der Waals surface area contributed by atoms with Gasteiger partial charge in [0, 0.05) is 6.42 Å². The van der Waals surface area contributed by atoms with E-state index in [2.05, 4.69) is 0 Å². The van der Waals surface area contributed by atoms with Crippen molar-refractivity contribution in [3.8, 4) is 11.5 Å². The first-order chi connectivity index (χ1) is 8.00. The number of aryl methyl sites for hydroxylation is 1. The van der Waals surface area contributed by atoms with Gasteiger partial charge in [0.2, 0.25) is 0 Å². The molecule has 1 saturated carbocycles. The second-order valence-corrected chi connectivity index (χ2v) is 5.00. The molecule has 94 valence electrons. The van der Waals surface area contributed by atoms with Gasteiger partial charge < -0.3 is 14.6 Å². The number of hydrogen-bond donors (Lipinski definition) is 1. The lowest BCUT2D eigenvalue weighted by Gasteiger charge is -2.17. The van der Waals surface area contributed by atoms with Crippen LogP contribution in [0.5, 0.6) is 11.5 Å². The van der Waals surface area contributed by atoms with Gasteiger partial charge in [-0.1, -0.05) is 11.6 Å². The van der Waals surface area contributed by atoms with Gasteiger partial charge in [0.1, 0.15) is 0 Å². The third-order valence-corrected chi connectivity index (χ3v) is 3.67. The number of methoxy groups -OCH3 is 2. The fourth-order valence-corrected chi connectivity index (χ4v) is 2.36. The van der Waals surface area contributed by atoms with Crippen LogP contribution >= 0.6 is 11.6 Å². The van der Waals surface area contributed by atoms with Crippen molar-refractivity contribution >= 4 is 11.6 Å². The molecule has 1 fully saturated rings. The van der Waals surface area contributed by atoms with Gasteiger partial charge in [-0.3, -0.25) is 0 Å². The number of benzene rings is 1. The molecule has 4 heteroatoms. The number of halogens is 1. The van der Waals surface area contributed by atoms with Crippen LogP contribution < -0.4 is 9.47 Å². The average molecular weight is 257 g/mol. The Morgan fingerprint density at radius 3 is 2.47 bits per heavy atom. The second kappa shape index (κ2) is 4.39. The number of hydrogen-bond acceptors (Lipinski definition) is 3. The van der Waals surface area contributed by atoms with E-state index in [-0.39, 0.29) is 0 Å². The van der Waals surface area contributed by atoms with Crippen molar-refractivity contribution in [1.29, 1.82) is 0 Å². The molecular weight excluding hydrogens is 240 g/mol. The molecule has 1 N–H and O–H groups in total. The molecule has 3 nitrogen and oxygen atoms in total. The van der Waals surface area contributed by atoms with Crippen molar-refractivity contribution in [3.63, 3.8) is 0 Å². The topological polar surface area (TPSA) is 38.7 Å². The monoisotopic (exact) mass is 256 g/mol. The van der Waals surface area contributed by atoms with Crippen molar-refractivity contribution < 1.29 is 14.6 Å². The van der Waals surface area contributed by atoms with Crippen LogP contribution in [0.4, 0.5) is 0 Å². The average Bonchev–Trinajstić information content (AvgIpc) is 3.02. The van der Waals surface area contributed by atoms with Gasteiger partial charge in [0.15, 0.2) is 11.5 Å².